The van der Waals surface area contributed by atoms with E-state index < -0.39 is 0 Å². The van der Waals surface area contributed by atoms with Gasteiger partial charge in [-0.15, -0.1) is 5.10 Å². The Balaban J connectivity index is 1.71. The predicted molar refractivity (Wildman–Crippen MR) is 79.8 cm³/mol. The summed E-state index contributed by atoms with van der Waals surface area (Å²) < 4.78 is 6.64. The molecule has 0 amide bonds. The summed E-state index contributed by atoms with van der Waals surface area (Å²) >= 11 is 3.45. The van der Waals surface area contributed by atoms with E-state index in [1.54, 1.807) is 11.0 Å². The van der Waals surface area contributed by atoms with Crippen LogP contribution in [0.25, 0.3) is 5.69 Å². The summed E-state index contributed by atoms with van der Waals surface area (Å²) in [5, 5.41) is 8.63. The van der Waals surface area contributed by atoms with Gasteiger partial charge in [-0.25, -0.2) is 0 Å². The number of para-hydroxylation sites is 2. The van der Waals surface area contributed by atoms with Crippen LogP contribution in [0.5, 0.6) is 5.75 Å². The number of hydrogen-bond acceptors (Lipinski definition) is 3. The second-order valence-corrected chi connectivity index (χ2v) is 5.03. The van der Waals surface area contributed by atoms with Crippen molar-refractivity contribution in [3.05, 3.63) is 71.0 Å². The molecule has 3 aromatic rings. The Morgan fingerprint density at radius 2 is 1.75 bits per heavy atom. The molecular weight excluding hydrogens is 318 g/mol. The highest BCUT2D eigenvalue weighted by Gasteiger charge is 2.05. The van der Waals surface area contributed by atoms with E-state index in [1.165, 1.54) is 0 Å². The third kappa shape index (κ3) is 2.88. The maximum Gasteiger partial charge on any atom is 0.134 e. The Morgan fingerprint density at radius 1 is 1.00 bits per heavy atom. The third-order valence-corrected chi connectivity index (χ3v) is 3.39. The normalized spacial score (nSPS) is 10.4. The molecule has 0 aliphatic carbocycles. The zero-order chi connectivity index (χ0) is 13.8. The Hall–Kier alpha value is -2.14. The molecule has 0 saturated carbocycles. The molecule has 1 aromatic heterocycles. The van der Waals surface area contributed by atoms with Crippen LogP contribution in [0.4, 0.5) is 0 Å². The van der Waals surface area contributed by atoms with Gasteiger partial charge in [0.1, 0.15) is 18.1 Å². The van der Waals surface area contributed by atoms with E-state index in [1.807, 2.05) is 54.6 Å². The number of rotatable bonds is 4. The maximum absolute atomic E-state index is 5.71. The molecule has 0 bridgehead atoms. The summed E-state index contributed by atoms with van der Waals surface area (Å²) in [6.45, 7) is 0.384. The molecule has 0 unspecified atom stereocenters. The molecule has 0 saturated heterocycles. The average molecular weight is 330 g/mol. The number of halogens is 1. The van der Waals surface area contributed by atoms with Crippen molar-refractivity contribution in [2.75, 3.05) is 0 Å². The lowest BCUT2D eigenvalue weighted by Gasteiger charge is -2.05. The molecule has 100 valence electrons. The number of aromatic nitrogens is 3. The van der Waals surface area contributed by atoms with Gasteiger partial charge in [0.2, 0.25) is 0 Å². The molecular formula is C15H12BrN3O. The highest BCUT2D eigenvalue weighted by Crippen LogP contribution is 2.24. The van der Waals surface area contributed by atoms with Crippen LogP contribution < -0.4 is 4.74 Å². The fraction of sp³-hybridized carbons (Fsp3) is 0.0667. The molecule has 20 heavy (non-hydrogen) atoms. The second-order valence-electron chi connectivity index (χ2n) is 4.18. The van der Waals surface area contributed by atoms with Gasteiger partial charge in [0.05, 0.1) is 16.4 Å². The van der Waals surface area contributed by atoms with Gasteiger partial charge < -0.3 is 4.74 Å². The van der Waals surface area contributed by atoms with Crippen LogP contribution in [0.1, 0.15) is 5.69 Å². The summed E-state index contributed by atoms with van der Waals surface area (Å²) in [5.41, 5.74) is 1.71. The van der Waals surface area contributed by atoms with E-state index in [0.717, 1.165) is 21.6 Å². The Labute approximate surface area is 125 Å². The van der Waals surface area contributed by atoms with E-state index >= 15 is 0 Å². The summed E-state index contributed by atoms with van der Waals surface area (Å²) in [7, 11) is 0. The first kappa shape index (κ1) is 12.9. The molecule has 0 atom stereocenters. The van der Waals surface area contributed by atoms with Gasteiger partial charge in [0.15, 0.2) is 0 Å². The molecule has 0 aliphatic rings. The third-order valence-electron chi connectivity index (χ3n) is 2.74. The highest BCUT2D eigenvalue weighted by atomic mass is 79.9. The molecule has 0 fully saturated rings. The maximum atomic E-state index is 5.71. The molecule has 3 rings (SSSR count). The molecule has 1 heterocycles. The van der Waals surface area contributed by atoms with Gasteiger partial charge in [-0.3, -0.25) is 0 Å². The molecule has 0 aliphatic heterocycles. The van der Waals surface area contributed by atoms with Crippen molar-refractivity contribution in [1.82, 2.24) is 15.0 Å². The fourth-order valence-electron chi connectivity index (χ4n) is 1.76. The first-order chi connectivity index (χ1) is 9.83. The molecule has 2 aromatic carbocycles. The first-order valence-corrected chi connectivity index (χ1v) is 6.96. The Bertz CT molecular complexity index is 697. The largest absolute Gasteiger partial charge is 0.486 e. The second kappa shape index (κ2) is 5.88. The topological polar surface area (TPSA) is 39.9 Å². The zero-order valence-electron chi connectivity index (χ0n) is 10.6. The number of ether oxygens (including phenoxy) is 1. The van der Waals surface area contributed by atoms with Gasteiger partial charge in [-0.05, 0) is 40.2 Å². The molecule has 0 N–H and O–H groups in total. The summed E-state index contributed by atoms with van der Waals surface area (Å²) in [6, 6.07) is 17.5. The lowest BCUT2D eigenvalue weighted by molar-refractivity contribution is 0.298. The number of hydrogen-bond donors (Lipinski definition) is 0. The van der Waals surface area contributed by atoms with E-state index in [2.05, 4.69) is 26.1 Å². The first-order valence-electron chi connectivity index (χ1n) is 6.17. The van der Waals surface area contributed by atoms with Crippen LogP contribution >= 0.6 is 15.9 Å². The van der Waals surface area contributed by atoms with E-state index in [4.69, 9.17) is 4.74 Å². The minimum absolute atomic E-state index is 0.384. The van der Waals surface area contributed by atoms with E-state index in [9.17, 15) is 0 Å². The van der Waals surface area contributed by atoms with E-state index in [0.29, 0.717) is 6.61 Å². The minimum atomic E-state index is 0.384. The van der Waals surface area contributed by atoms with Crippen molar-refractivity contribution >= 4 is 15.9 Å². The monoisotopic (exact) mass is 329 g/mol. The van der Waals surface area contributed by atoms with Gasteiger partial charge >= 0.3 is 0 Å². The lowest BCUT2D eigenvalue weighted by atomic mass is 10.3. The van der Waals surface area contributed by atoms with Crippen molar-refractivity contribution in [2.24, 2.45) is 0 Å². The van der Waals surface area contributed by atoms with E-state index in [-0.39, 0.29) is 0 Å². The molecule has 0 spiro atoms. The molecule has 0 radical (unpaired) electrons. The number of benzene rings is 2. The lowest BCUT2D eigenvalue weighted by Crippen LogP contribution is -2.01. The Morgan fingerprint density at radius 3 is 2.55 bits per heavy atom. The number of nitrogens with zero attached hydrogens (tertiary/aromatic N) is 3. The van der Waals surface area contributed by atoms with Crippen molar-refractivity contribution in [3.8, 4) is 11.4 Å². The van der Waals surface area contributed by atoms with Crippen LogP contribution in [-0.2, 0) is 6.61 Å². The molecule has 4 nitrogen and oxygen atoms in total. The van der Waals surface area contributed by atoms with Gasteiger partial charge in [0.25, 0.3) is 0 Å². The predicted octanol–water partition coefficient (Wildman–Crippen LogP) is 3.61. The molecule has 5 heteroatoms. The summed E-state index contributed by atoms with van der Waals surface area (Å²) in [5.74, 6) is 0.793. The van der Waals surface area contributed by atoms with Crippen LogP contribution in [0.3, 0.4) is 0 Å². The summed E-state index contributed by atoms with van der Waals surface area (Å²) in [6.07, 6.45) is 1.71. The van der Waals surface area contributed by atoms with Gasteiger partial charge in [-0.1, -0.05) is 30.3 Å². The van der Waals surface area contributed by atoms with Crippen molar-refractivity contribution in [2.45, 2.75) is 6.61 Å². The SMILES string of the molecule is Brc1ccccc1OCc1cnn(-c2ccccc2)n1. The van der Waals surface area contributed by atoms with Crippen LogP contribution in [-0.4, -0.2) is 15.0 Å². The van der Waals surface area contributed by atoms with Crippen LogP contribution in [0.15, 0.2) is 65.3 Å². The fourth-order valence-corrected chi connectivity index (χ4v) is 2.16. The quantitative estimate of drug-likeness (QED) is 0.734. The van der Waals surface area contributed by atoms with Gasteiger partial charge in [0, 0.05) is 0 Å². The standard InChI is InChI=1S/C15H12BrN3O/c16-14-8-4-5-9-15(14)20-11-12-10-17-19(18-12)13-6-2-1-3-7-13/h1-10H,11H2. The van der Waals surface area contributed by atoms with Crippen LogP contribution in [0, 0.1) is 0 Å². The van der Waals surface area contributed by atoms with Gasteiger partial charge in [-0.2, -0.15) is 9.90 Å². The van der Waals surface area contributed by atoms with Crippen LogP contribution in [0.2, 0.25) is 0 Å². The average Bonchev–Trinajstić information content (AvgIpc) is 2.96. The van der Waals surface area contributed by atoms with Crippen molar-refractivity contribution in [3.63, 3.8) is 0 Å². The minimum Gasteiger partial charge on any atom is -0.486 e. The van der Waals surface area contributed by atoms with Crippen molar-refractivity contribution in [1.29, 1.82) is 0 Å². The Kier molecular flexibility index (Phi) is 3.78. The highest BCUT2D eigenvalue weighted by molar-refractivity contribution is 9.10. The zero-order valence-corrected chi connectivity index (χ0v) is 12.2. The summed E-state index contributed by atoms with van der Waals surface area (Å²) in [4.78, 5) is 1.60. The van der Waals surface area contributed by atoms with Crippen molar-refractivity contribution < 1.29 is 4.74 Å². The smallest absolute Gasteiger partial charge is 0.134 e.